The molecule has 2 atom stereocenters. The Morgan fingerprint density at radius 3 is 2.81 bits per heavy atom. The largest absolute Gasteiger partial charge is 0.444 e. The van der Waals surface area contributed by atoms with Crippen LogP contribution in [0.25, 0.3) is 0 Å². The van der Waals surface area contributed by atoms with Crippen LogP contribution in [-0.4, -0.2) is 45.5 Å². The van der Waals surface area contributed by atoms with Gasteiger partial charge < -0.3 is 15.0 Å². The number of nitrogens with zero attached hydrogens (tertiary/aromatic N) is 3. The Hall–Kier alpha value is -1.56. The van der Waals surface area contributed by atoms with E-state index in [0.29, 0.717) is 12.6 Å². The first-order chi connectivity index (χ1) is 9.76. The van der Waals surface area contributed by atoms with Gasteiger partial charge in [0, 0.05) is 38.4 Å². The van der Waals surface area contributed by atoms with Gasteiger partial charge in [0.1, 0.15) is 5.60 Å². The zero-order valence-electron chi connectivity index (χ0n) is 13.6. The van der Waals surface area contributed by atoms with E-state index in [9.17, 15) is 4.79 Å². The number of likely N-dealkylation sites (tertiary alicyclic amines) is 1. The molecule has 6 nitrogen and oxygen atoms in total. The Balaban J connectivity index is 1.85. The number of aromatic nitrogens is 2. The highest BCUT2D eigenvalue weighted by atomic mass is 16.6. The van der Waals surface area contributed by atoms with Gasteiger partial charge in [-0.3, -0.25) is 4.68 Å². The molecule has 1 aromatic heterocycles. The van der Waals surface area contributed by atoms with E-state index < -0.39 is 5.60 Å². The van der Waals surface area contributed by atoms with Gasteiger partial charge in [-0.1, -0.05) is 0 Å². The summed E-state index contributed by atoms with van der Waals surface area (Å²) in [6, 6.07) is 2.52. The Bertz CT molecular complexity index is 492. The first kappa shape index (κ1) is 15.8. The third-order valence-corrected chi connectivity index (χ3v) is 3.63. The maximum Gasteiger partial charge on any atom is 0.410 e. The maximum atomic E-state index is 12.0. The summed E-state index contributed by atoms with van der Waals surface area (Å²) in [5.74, 6) is 0. The lowest BCUT2D eigenvalue weighted by Gasteiger charge is -2.25. The minimum atomic E-state index is -0.440. The predicted octanol–water partition coefficient (Wildman–Crippen LogP) is 2.08. The van der Waals surface area contributed by atoms with Crippen LogP contribution in [0, 0.1) is 0 Å². The Kier molecular flexibility index (Phi) is 4.56. The van der Waals surface area contributed by atoms with Crippen molar-refractivity contribution in [2.45, 2.75) is 51.8 Å². The molecule has 118 valence electrons. The fourth-order valence-electron chi connectivity index (χ4n) is 2.64. The lowest BCUT2D eigenvalue weighted by Crippen LogP contribution is -2.39. The van der Waals surface area contributed by atoms with E-state index in [1.165, 1.54) is 0 Å². The van der Waals surface area contributed by atoms with E-state index >= 15 is 0 Å². The molecule has 1 fully saturated rings. The van der Waals surface area contributed by atoms with Crippen LogP contribution in [0.4, 0.5) is 4.79 Å². The number of aryl methyl sites for hydroxylation is 1. The molecule has 0 radical (unpaired) electrons. The smallest absolute Gasteiger partial charge is 0.410 e. The van der Waals surface area contributed by atoms with Gasteiger partial charge >= 0.3 is 6.09 Å². The second-order valence-electron chi connectivity index (χ2n) is 6.68. The number of carbonyl (C=O) groups is 1. The quantitative estimate of drug-likeness (QED) is 0.927. The fourth-order valence-corrected chi connectivity index (χ4v) is 2.64. The summed E-state index contributed by atoms with van der Waals surface area (Å²) in [7, 11) is 1.94. The van der Waals surface area contributed by atoms with Crippen molar-refractivity contribution in [1.82, 2.24) is 20.0 Å². The van der Waals surface area contributed by atoms with Gasteiger partial charge in [-0.15, -0.1) is 0 Å². The Morgan fingerprint density at radius 2 is 2.24 bits per heavy atom. The molecule has 2 unspecified atom stereocenters. The summed E-state index contributed by atoms with van der Waals surface area (Å²) in [4.78, 5) is 13.8. The van der Waals surface area contributed by atoms with Crippen LogP contribution in [0.1, 0.15) is 45.9 Å². The van der Waals surface area contributed by atoms with Crippen LogP contribution in [0.5, 0.6) is 0 Å². The third kappa shape index (κ3) is 4.20. The average molecular weight is 294 g/mol. The van der Waals surface area contributed by atoms with Crippen LogP contribution in [-0.2, 0) is 11.8 Å². The molecule has 1 N–H and O–H groups in total. The molecule has 1 saturated heterocycles. The number of amides is 1. The van der Waals surface area contributed by atoms with E-state index in [-0.39, 0.29) is 12.1 Å². The van der Waals surface area contributed by atoms with Crippen LogP contribution >= 0.6 is 0 Å². The molecule has 2 heterocycles. The van der Waals surface area contributed by atoms with Crippen LogP contribution < -0.4 is 5.32 Å². The summed E-state index contributed by atoms with van der Waals surface area (Å²) < 4.78 is 7.28. The van der Waals surface area contributed by atoms with Gasteiger partial charge in [-0.2, -0.15) is 5.10 Å². The SMILES string of the molecule is CC(NC1CCN(C(=O)OC(C)(C)C)C1)c1ccnn1C. The second-order valence-corrected chi connectivity index (χ2v) is 6.68. The highest BCUT2D eigenvalue weighted by molar-refractivity contribution is 5.68. The minimum Gasteiger partial charge on any atom is -0.444 e. The van der Waals surface area contributed by atoms with Crippen molar-refractivity contribution < 1.29 is 9.53 Å². The van der Waals surface area contributed by atoms with Crippen LogP contribution in [0.3, 0.4) is 0 Å². The van der Waals surface area contributed by atoms with Crippen molar-refractivity contribution in [3.8, 4) is 0 Å². The summed E-state index contributed by atoms with van der Waals surface area (Å²) in [6.45, 7) is 9.22. The zero-order valence-corrected chi connectivity index (χ0v) is 13.6. The van der Waals surface area contributed by atoms with Crippen molar-refractivity contribution >= 4 is 6.09 Å². The molecule has 0 aliphatic carbocycles. The van der Waals surface area contributed by atoms with Gasteiger partial charge in [0.15, 0.2) is 0 Å². The lowest BCUT2D eigenvalue weighted by molar-refractivity contribution is 0.0290. The highest BCUT2D eigenvalue weighted by Gasteiger charge is 2.30. The maximum absolute atomic E-state index is 12.0. The summed E-state index contributed by atoms with van der Waals surface area (Å²) in [6.07, 6.45) is 2.52. The molecule has 1 aliphatic heterocycles. The van der Waals surface area contributed by atoms with Crippen molar-refractivity contribution in [3.05, 3.63) is 18.0 Å². The Labute approximate surface area is 126 Å². The Morgan fingerprint density at radius 1 is 1.52 bits per heavy atom. The molecule has 0 bridgehead atoms. The van der Waals surface area contributed by atoms with Crippen molar-refractivity contribution in [1.29, 1.82) is 0 Å². The van der Waals surface area contributed by atoms with Crippen molar-refractivity contribution in [3.63, 3.8) is 0 Å². The number of ether oxygens (including phenoxy) is 1. The zero-order chi connectivity index (χ0) is 15.6. The van der Waals surface area contributed by atoms with Crippen LogP contribution in [0.15, 0.2) is 12.3 Å². The molecule has 21 heavy (non-hydrogen) atoms. The molecule has 1 aliphatic rings. The molecule has 0 saturated carbocycles. The lowest BCUT2D eigenvalue weighted by atomic mass is 10.2. The highest BCUT2D eigenvalue weighted by Crippen LogP contribution is 2.18. The normalized spacial score (nSPS) is 20.6. The molecular weight excluding hydrogens is 268 g/mol. The first-order valence-corrected chi connectivity index (χ1v) is 7.48. The number of rotatable bonds is 3. The number of carbonyl (C=O) groups excluding carboxylic acids is 1. The van der Waals surface area contributed by atoms with E-state index in [1.54, 1.807) is 11.1 Å². The van der Waals surface area contributed by atoms with E-state index in [0.717, 1.165) is 18.7 Å². The molecule has 0 aromatic carbocycles. The van der Waals surface area contributed by atoms with Crippen LogP contribution in [0.2, 0.25) is 0 Å². The predicted molar refractivity (Wildman–Crippen MR) is 81.0 cm³/mol. The number of nitrogens with one attached hydrogen (secondary N) is 1. The first-order valence-electron chi connectivity index (χ1n) is 7.48. The molecule has 0 spiro atoms. The minimum absolute atomic E-state index is 0.209. The standard InChI is InChI=1S/C15H26N4O2/c1-11(13-6-8-16-18(13)5)17-12-7-9-19(10-12)14(20)21-15(2,3)4/h6,8,11-12,17H,7,9-10H2,1-5H3. The van der Waals surface area contributed by atoms with Gasteiger partial charge in [-0.05, 0) is 40.2 Å². The monoisotopic (exact) mass is 294 g/mol. The molecule has 1 aromatic rings. The second kappa shape index (κ2) is 6.05. The van der Waals surface area contributed by atoms with E-state index in [2.05, 4.69) is 17.3 Å². The van der Waals surface area contributed by atoms with E-state index in [1.807, 2.05) is 38.6 Å². The van der Waals surface area contributed by atoms with Gasteiger partial charge in [-0.25, -0.2) is 4.79 Å². The van der Waals surface area contributed by atoms with Gasteiger partial charge in [0.2, 0.25) is 0 Å². The van der Waals surface area contributed by atoms with Crippen molar-refractivity contribution in [2.24, 2.45) is 7.05 Å². The summed E-state index contributed by atoms with van der Waals surface area (Å²) in [5.41, 5.74) is 0.704. The number of hydrogen-bond acceptors (Lipinski definition) is 4. The molecule has 2 rings (SSSR count). The molecular formula is C15H26N4O2. The van der Waals surface area contributed by atoms with E-state index in [4.69, 9.17) is 4.74 Å². The molecule has 1 amide bonds. The topological polar surface area (TPSA) is 59.4 Å². The molecule has 6 heteroatoms. The van der Waals surface area contributed by atoms with Gasteiger partial charge in [0.25, 0.3) is 0 Å². The summed E-state index contributed by atoms with van der Waals surface area (Å²) in [5, 5.41) is 7.75. The summed E-state index contributed by atoms with van der Waals surface area (Å²) >= 11 is 0. The fraction of sp³-hybridized carbons (Fsp3) is 0.733. The van der Waals surface area contributed by atoms with Crippen molar-refractivity contribution in [2.75, 3.05) is 13.1 Å². The van der Waals surface area contributed by atoms with Gasteiger partial charge in [0.05, 0.1) is 5.69 Å². The average Bonchev–Trinajstić information content (AvgIpc) is 2.95. The number of hydrogen-bond donors (Lipinski definition) is 1. The third-order valence-electron chi connectivity index (χ3n) is 3.63.